The summed E-state index contributed by atoms with van der Waals surface area (Å²) in [5.74, 6) is 0.0337. The summed E-state index contributed by atoms with van der Waals surface area (Å²) < 4.78 is 21.1. The summed E-state index contributed by atoms with van der Waals surface area (Å²) in [6.07, 6.45) is 2.13. The number of carbonyl (C=O) groups excluding carboxylic acids is 1. The molecule has 3 heterocycles. The van der Waals surface area contributed by atoms with Crippen molar-refractivity contribution in [1.82, 2.24) is 19.6 Å². The molecule has 1 unspecified atom stereocenters. The van der Waals surface area contributed by atoms with Crippen LogP contribution in [0.2, 0.25) is 0 Å². The van der Waals surface area contributed by atoms with Gasteiger partial charge in [-0.15, -0.1) is 5.10 Å². The molecule has 0 bridgehead atoms. The van der Waals surface area contributed by atoms with E-state index < -0.39 is 18.0 Å². The molecule has 6 N–H and O–H groups in total. The van der Waals surface area contributed by atoms with Gasteiger partial charge in [-0.1, -0.05) is 0 Å². The lowest BCUT2D eigenvalue weighted by atomic mass is 10.2. The van der Waals surface area contributed by atoms with Crippen LogP contribution in [0.3, 0.4) is 0 Å². The summed E-state index contributed by atoms with van der Waals surface area (Å²) in [5, 5.41) is 16.2. The number of hydrazine groups is 1. The fourth-order valence-corrected chi connectivity index (χ4v) is 2.83. The number of hydrogen-bond donors (Lipinski definition) is 5. The minimum absolute atomic E-state index is 0.164. The Morgan fingerprint density at radius 1 is 1.39 bits per heavy atom. The predicted octanol–water partition coefficient (Wildman–Crippen LogP) is 1.02. The van der Waals surface area contributed by atoms with Crippen molar-refractivity contribution in [2.75, 3.05) is 34.6 Å². The smallest absolute Gasteiger partial charge is 0.414 e. The number of ether oxygens (including phenoxy) is 1. The van der Waals surface area contributed by atoms with Crippen LogP contribution in [0.15, 0.2) is 30.6 Å². The third kappa shape index (κ3) is 3.20. The molecule has 0 spiro atoms. The molecule has 1 amide bonds. The normalized spacial score (nSPS) is 16.5. The maximum atomic E-state index is 14.5. The van der Waals surface area contributed by atoms with Gasteiger partial charge in [0, 0.05) is 19.4 Å². The Hall–Kier alpha value is -3.67. The number of hydrogen-bond acceptors (Lipinski definition) is 7. The number of benzene rings is 1. The maximum Gasteiger partial charge on any atom is 0.414 e. The van der Waals surface area contributed by atoms with Gasteiger partial charge < -0.3 is 15.6 Å². The first kappa shape index (κ1) is 17.7. The van der Waals surface area contributed by atoms with Crippen LogP contribution >= 0.6 is 0 Å². The molecule has 0 radical (unpaired) electrons. The van der Waals surface area contributed by atoms with Gasteiger partial charge >= 0.3 is 6.09 Å². The van der Waals surface area contributed by atoms with Gasteiger partial charge in [-0.3, -0.25) is 20.3 Å². The molecule has 1 aromatic carbocycles. The first-order valence-corrected chi connectivity index (χ1v) is 8.42. The summed E-state index contributed by atoms with van der Waals surface area (Å²) in [5.41, 5.74) is 13.0. The molecule has 148 valence electrons. The number of aromatic amines is 1. The number of H-pyrrole nitrogens is 1. The van der Waals surface area contributed by atoms with E-state index in [-0.39, 0.29) is 18.8 Å². The average Bonchev–Trinajstić information content (AvgIpc) is 3.20. The monoisotopic (exact) mass is 390 g/mol. The molecule has 11 nitrogen and oxygen atoms in total. The molecular formula is C16H19FN8O3. The largest absolute Gasteiger partial charge is 0.441 e. The first-order valence-electron chi connectivity index (χ1n) is 8.42. The van der Waals surface area contributed by atoms with Crippen molar-refractivity contribution >= 4 is 28.8 Å². The third-order valence-corrected chi connectivity index (χ3v) is 4.28. The van der Waals surface area contributed by atoms with Crippen molar-refractivity contribution in [1.29, 1.82) is 0 Å². The van der Waals surface area contributed by atoms with Crippen molar-refractivity contribution in [2.45, 2.75) is 6.10 Å². The molecular weight excluding hydrogens is 371 g/mol. The second-order valence-corrected chi connectivity index (χ2v) is 6.31. The summed E-state index contributed by atoms with van der Waals surface area (Å²) in [6, 6.07) is 4.27. The topological polar surface area (TPSA) is 138 Å². The van der Waals surface area contributed by atoms with Crippen LogP contribution in [-0.2, 0) is 11.8 Å². The molecule has 0 saturated carbocycles. The van der Waals surface area contributed by atoms with Crippen molar-refractivity contribution in [3.63, 3.8) is 0 Å². The molecule has 4 rings (SSSR count). The van der Waals surface area contributed by atoms with Crippen LogP contribution in [0.4, 0.5) is 31.9 Å². The molecule has 1 atom stereocenters. The Morgan fingerprint density at radius 2 is 2.14 bits per heavy atom. The summed E-state index contributed by atoms with van der Waals surface area (Å²) in [6.45, 7) is -0.120. The van der Waals surface area contributed by atoms with Gasteiger partial charge in [0.15, 0.2) is 0 Å². The number of nitrogens with one attached hydrogen (secondary N) is 3. The van der Waals surface area contributed by atoms with Crippen molar-refractivity contribution in [2.24, 2.45) is 7.05 Å². The zero-order valence-electron chi connectivity index (χ0n) is 14.9. The quantitative estimate of drug-likeness (QED) is 0.396. The second kappa shape index (κ2) is 6.81. The van der Waals surface area contributed by atoms with Crippen LogP contribution in [-0.4, -0.2) is 50.0 Å². The minimum atomic E-state index is -0.621. The van der Waals surface area contributed by atoms with Gasteiger partial charge in [0.2, 0.25) is 5.95 Å². The van der Waals surface area contributed by atoms with E-state index in [0.717, 1.165) is 0 Å². The van der Waals surface area contributed by atoms with Crippen molar-refractivity contribution < 1.29 is 19.0 Å². The number of carbonyl (C=O) groups is 1. The molecule has 2 aromatic heterocycles. The molecule has 1 fully saturated rings. The standard InChI is InChI=1S/C16H19FN8O3/c1-23-21-15(22-23)24-6-12(18)14(7-24)20-19-13-3-2-9(4-11(13)17)25-5-10(8-26)28-16(25)27/h2-4,6-7,10,19-20,26H,5,8,18H2,1H3,(H,21,22). The fourth-order valence-electron chi connectivity index (χ4n) is 2.83. The van der Waals surface area contributed by atoms with Gasteiger partial charge in [0.25, 0.3) is 0 Å². The highest BCUT2D eigenvalue weighted by atomic mass is 19.1. The number of nitrogens with two attached hydrogens (primary N) is 1. The summed E-state index contributed by atoms with van der Waals surface area (Å²) in [7, 11) is 1.76. The number of cyclic esters (lactones) is 1. The number of rotatable bonds is 6. The highest BCUT2D eigenvalue weighted by molar-refractivity contribution is 5.90. The number of nitrogens with zero attached hydrogens (tertiary/aromatic N) is 4. The number of anilines is 4. The third-order valence-electron chi connectivity index (χ3n) is 4.28. The Labute approximate surface area is 158 Å². The van der Waals surface area contributed by atoms with E-state index in [0.29, 0.717) is 23.0 Å². The summed E-state index contributed by atoms with van der Waals surface area (Å²) in [4.78, 5) is 14.6. The average molecular weight is 390 g/mol. The lowest BCUT2D eigenvalue weighted by molar-refractivity contribution is 0.0963. The van der Waals surface area contributed by atoms with Crippen LogP contribution in [0.25, 0.3) is 5.95 Å². The van der Waals surface area contributed by atoms with Crippen molar-refractivity contribution in [3.8, 4) is 5.95 Å². The molecule has 1 aliphatic rings. The van der Waals surface area contributed by atoms with E-state index in [1.165, 1.54) is 17.0 Å². The molecule has 1 saturated heterocycles. The number of aryl methyl sites for hydroxylation is 1. The van der Waals surface area contributed by atoms with E-state index in [4.69, 9.17) is 15.6 Å². The number of aliphatic hydroxyl groups is 1. The SMILES string of the molecule is Cn1nc(-n2cc(N)c(NNc3ccc(N4CC(CO)OC4=O)cc3F)c2)[nH]1. The van der Waals surface area contributed by atoms with Crippen molar-refractivity contribution in [3.05, 3.63) is 36.4 Å². The van der Waals surface area contributed by atoms with Gasteiger partial charge in [0.05, 0.1) is 35.9 Å². The molecule has 0 aliphatic carbocycles. The number of aromatic nitrogens is 4. The Balaban J connectivity index is 1.44. The van der Waals surface area contributed by atoms with E-state index in [1.54, 1.807) is 34.9 Å². The van der Waals surface area contributed by atoms with Crippen LogP contribution in [0.5, 0.6) is 0 Å². The van der Waals surface area contributed by atoms with E-state index in [9.17, 15) is 9.18 Å². The number of amides is 1. The number of nitrogen functional groups attached to an aromatic ring is 1. The van der Waals surface area contributed by atoms with Gasteiger partial charge in [0.1, 0.15) is 11.9 Å². The lowest BCUT2D eigenvalue weighted by Gasteiger charge is -2.15. The highest BCUT2D eigenvalue weighted by Crippen LogP contribution is 2.27. The van der Waals surface area contributed by atoms with E-state index in [1.807, 2.05) is 0 Å². The van der Waals surface area contributed by atoms with Gasteiger partial charge in [-0.25, -0.2) is 19.1 Å². The second-order valence-electron chi connectivity index (χ2n) is 6.31. The Bertz CT molecular complexity index is 998. The lowest BCUT2D eigenvalue weighted by Crippen LogP contribution is -2.25. The van der Waals surface area contributed by atoms with Gasteiger partial charge in [-0.2, -0.15) is 0 Å². The van der Waals surface area contributed by atoms with E-state index in [2.05, 4.69) is 21.0 Å². The Kier molecular flexibility index (Phi) is 4.31. The molecule has 28 heavy (non-hydrogen) atoms. The first-order chi connectivity index (χ1) is 13.4. The summed E-state index contributed by atoms with van der Waals surface area (Å²) >= 11 is 0. The minimum Gasteiger partial charge on any atom is -0.441 e. The van der Waals surface area contributed by atoms with E-state index >= 15 is 0 Å². The van der Waals surface area contributed by atoms with Crippen LogP contribution in [0, 0.1) is 5.82 Å². The van der Waals surface area contributed by atoms with Crippen LogP contribution < -0.4 is 21.5 Å². The number of halogens is 1. The maximum absolute atomic E-state index is 14.5. The highest BCUT2D eigenvalue weighted by Gasteiger charge is 2.32. The number of aliphatic hydroxyl groups excluding tert-OH is 1. The zero-order valence-corrected chi connectivity index (χ0v) is 14.9. The molecule has 1 aliphatic heterocycles. The Morgan fingerprint density at radius 3 is 2.79 bits per heavy atom. The molecule has 12 heteroatoms. The zero-order chi connectivity index (χ0) is 19.8. The van der Waals surface area contributed by atoms with Crippen LogP contribution in [0.1, 0.15) is 0 Å². The fraction of sp³-hybridized carbons (Fsp3) is 0.250. The predicted molar refractivity (Wildman–Crippen MR) is 99.6 cm³/mol. The molecule has 3 aromatic rings. The van der Waals surface area contributed by atoms with Gasteiger partial charge in [-0.05, 0) is 18.2 Å².